The quantitative estimate of drug-likeness (QED) is 0.550. The highest BCUT2D eigenvalue weighted by molar-refractivity contribution is 6.01. The van der Waals surface area contributed by atoms with E-state index in [1.54, 1.807) is 4.90 Å². The van der Waals surface area contributed by atoms with Crippen LogP contribution in [0.3, 0.4) is 0 Å². The van der Waals surface area contributed by atoms with E-state index < -0.39 is 6.09 Å². The van der Waals surface area contributed by atoms with Crippen molar-refractivity contribution in [1.82, 2.24) is 24.7 Å². The van der Waals surface area contributed by atoms with Crippen molar-refractivity contribution >= 4 is 28.8 Å². The van der Waals surface area contributed by atoms with Gasteiger partial charge >= 0.3 is 6.09 Å². The van der Waals surface area contributed by atoms with Crippen LogP contribution < -0.4 is 0 Å². The molecule has 2 aliphatic rings. The van der Waals surface area contributed by atoms with Gasteiger partial charge in [0.05, 0.1) is 5.69 Å². The number of H-pyrrole nitrogens is 1. The summed E-state index contributed by atoms with van der Waals surface area (Å²) in [5.41, 5.74) is 5.96. The van der Waals surface area contributed by atoms with Gasteiger partial charge in [0.2, 0.25) is 5.91 Å². The molecule has 37 heavy (non-hydrogen) atoms. The molecule has 2 unspecified atom stereocenters. The number of hydrogen-bond donors (Lipinski definition) is 2. The van der Waals surface area contributed by atoms with Crippen LogP contribution in [-0.2, 0) is 4.79 Å². The number of rotatable bonds is 5. The number of amides is 3. The first kappa shape index (κ1) is 24.8. The highest BCUT2D eigenvalue weighted by Gasteiger charge is 2.43. The van der Waals surface area contributed by atoms with Crippen molar-refractivity contribution in [1.29, 1.82) is 0 Å². The van der Waals surface area contributed by atoms with Gasteiger partial charge in [-0.3, -0.25) is 14.6 Å². The topological polar surface area (TPSA) is 110 Å². The standard InChI is InChI=1S/C28H33N5O4/c1-16(2)25-22-10-19(5-6-23(22)30-26(25)18-7-8-29-17(3)9-18)27(35)33-13-20-11-32(12-21(20)14-33)24(34)15-31(4)28(36)37/h5-10,16,20-21,30H,11-15H2,1-4H3,(H,36,37). The summed E-state index contributed by atoms with van der Waals surface area (Å²) in [6, 6.07) is 9.96. The zero-order valence-electron chi connectivity index (χ0n) is 21.7. The van der Waals surface area contributed by atoms with Crippen LogP contribution in [0.15, 0.2) is 36.5 Å². The second kappa shape index (κ2) is 9.53. The van der Waals surface area contributed by atoms with E-state index in [1.807, 2.05) is 42.3 Å². The molecule has 4 heterocycles. The zero-order chi connectivity index (χ0) is 26.4. The number of pyridine rings is 1. The molecule has 3 aromatic rings. The Morgan fingerprint density at radius 1 is 1.08 bits per heavy atom. The maximum Gasteiger partial charge on any atom is 0.407 e. The number of carbonyl (C=O) groups excluding carboxylic acids is 2. The van der Waals surface area contributed by atoms with Crippen molar-refractivity contribution in [3.05, 3.63) is 53.3 Å². The number of carbonyl (C=O) groups is 3. The first-order valence-corrected chi connectivity index (χ1v) is 12.7. The molecule has 9 nitrogen and oxygen atoms in total. The minimum absolute atomic E-state index is 0.0111. The fourth-order valence-electron chi connectivity index (χ4n) is 5.79. The van der Waals surface area contributed by atoms with Gasteiger partial charge < -0.3 is 24.8 Å². The fourth-order valence-corrected chi connectivity index (χ4v) is 5.79. The van der Waals surface area contributed by atoms with Crippen molar-refractivity contribution in [2.45, 2.75) is 26.7 Å². The largest absolute Gasteiger partial charge is 0.465 e. The number of hydrogen-bond acceptors (Lipinski definition) is 4. The molecule has 0 spiro atoms. The SMILES string of the molecule is Cc1cc(-c2[nH]c3ccc(C(=O)N4CC5CN(C(=O)CN(C)C(=O)O)CC5C4)cc3c2C(C)C)ccn1. The molecule has 0 aliphatic carbocycles. The molecular weight excluding hydrogens is 470 g/mol. The molecule has 0 saturated carbocycles. The minimum Gasteiger partial charge on any atom is -0.465 e. The van der Waals surface area contributed by atoms with Crippen molar-refractivity contribution in [3.8, 4) is 11.3 Å². The molecule has 2 atom stereocenters. The first-order valence-electron chi connectivity index (χ1n) is 12.7. The van der Waals surface area contributed by atoms with Gasteiger partial charge in [0, 0.05) is 79.0 Å². The Morgan fingerprint density at radius 3 is 2.38 bits per heavy atom. The number of benzene rings is 1. The maximum atomic E-state index is 13.5. The van der Waals surface area contributed by atoms with Crippen LogP contribution in [0.1, 0.15) is 41.4 Å². The van der Waals surface area contributed by atoms with Crippen LogP contribution in [0, 0.1) is 18.8 Å². The molecule has 9 heteroatoms. The van der Waals surface area contributed by atoms with Crippen molar-refractivity contribution in [2.75, 3.05) is 39.8 Å². The Balaban J connectivity index is 1.33. The number of likely N-dealkylation sites (tertiary alicyclic amines) is 2. The van der Waals surface area contributed by atoms with Gasteiger partial charge in [0.1, 0.15) is 6.54 Å². The van der Waals surface area contributed by atoms with Gasteiger partial charge in [0.25, 0.3) is 5.91 Å². The molecule has 0 radical (unpaired) electrons. The summed E-state index contributed by atoms with van der Waals surface area (Å²) in [7, 11) is 1.39. The number of fused-ring (bicyclic) bond motifs is 2. The first-order chi connectivity index (χ1) is 17.6. The number of aromatic amines is 1. The molecule has 2 aromatic heterocycles. The van der Waals surface area contributed by atoms with E-state index in [-0.39, 0.29) is 36.1 Å². The number of aryl methyl sites for hydroxylation is 1. The maximum absolute atomic E-state index is 13.5. The van der Waals surface area contributed by atoms with E-state index in [9.17, 15) is 14.4 Å². The van der Waals surface area contributed by atoms with Crippen molar-refractivity contribution in [2.24, 2.45) is 11.8 Å². The average Bonchev–Trinajstić information content (AvgIpc) is 3.54. The summed E-state index contributed by atoms with van der Waals surface area (Å²) in [6.07, 6.45) is 0.700. The lowest BCUT2D eigenvalue weighted by Crippen LogP contribution is -2.41. The van der Waals surface area contributed by atoms with Gasteiger partial charge in [-0.05, 0) is 48.7 Å². The smallest absolute Gasteiger partial charge is 0.407 e. The predicted molar refractivity (Wildman–Crippen MR) is 140 cm³/mol. The van der Waals surface area contributed by atoms with Gasteiger partial charge in [-0.2, -0.15) is 0 Å². The normalized spacial score (nSPS) is 19.1. The molecular formula is C28H33N5O4. The Kier molecular flexibility index (Phi) is 6.39. The highest BCUT2D eigenvalue weighted by atomic mass is 16.4. The van der Waals surface area contributed by atoms with Crippen molar-refractivity contribution < 1.29 is 19.5 Å². The van der Waals surface area contributed by atoms with Crippen LogP contribution >= 0.6 is 0 Å². The van der Waals surface area contributed by atoms with E-state index in [0.29, 0.717) is 31.7 Å². The van der Waals surface area contributed by atoms with Gasteiger partial charge in [-0.1, -0.05) is 13.8 Å². The van der Waals surface area contributed by atoms with Crippen LogP contribution in [-0.4, -0.2) is 87.5 Å². The molecule has 2 N–H and O–H groups in total. The third kappa shape index (κ3) is 4.65. The third-order valence-electron chi connectivity index (χ3n) is 7.67. The molecule has 1 aromatic carbocycles. The van der Waals surface area contributed by atoms with E-state index in [2.05, 4.69) is 29.9 Å². The summed E-state index contributed by atoms with van der Waals surface area (Å²) in [4.78, 5) is 49.6. The lowest BCUT2D eigenvalue weighted by Gasteiger charge is -2.23. The number of nitrogens with zero attached hydrogens (tertiary/aromatic N) is 4. The van der Waals surface area contributed by atoms with E-state index in [1.165, 1.54) is 12.6 Å². The molecule has 2 aliphatic heterocycles. The van der Waals surface area contributed by atoms with Crippen LogP contribution in [0.25, 0.3) is 22.2 Å². The van der Waals surface area contributed by atoms with Gasteiger partial charge in [-0.15, -0.1) is 0 Å². The van der Waals surface area contributed by atoms with E-state index >= 15 is 0 Å². The Bertz CT molecular complexity index is 1370. The number of aromatic nitrogens is 2. The second-order valence-corrected chi connectivity index (χ2v) is 10.7. The van der Waals surface area contributed by atoms with Gasteiger partial charge in [-0.25, -0.2) is 4.79 Å². The lowest BCUT2D eigenvalue weighted by atomic mass is 9.95. The van der Waals surface area contributed by atoms with Crippen LogP contribution in [0.2, 0.25) is 0 Å². The monoisotopic (exact) mass is 503 g/mol. The lowest BCUT2D eigenvalue weighted by molar-refractivity contribution is -0.131. The number of nitrogens with one attached hydrogen (secondary N) is 1. The van der Waals surface area contributed by atoms with E-state index in [4.69, 9.17) is 5.11 Å². The number of carboxylic acid groups (broad SMARTS) is 1. The summed E-state index contributed by atoms with van der Waals surface area (Å²) >= 11 is 0. The molecule has 194 valence electrons. The Labute approximate surface area is 216 Å². The average molecular weight is 504 g/mol. The number of likely N-dealkylation sites (N-methyl/N-ethyl adjacent to an activating group) is 1. The molecule has 5 rings (SSSR count). The molecule has 2 fully saturated rings. The van der Waals surface area contributed by atoms with Crippen LogP contribution in [0.4, 0.5) is 4.79 Å². The zero-order valence-corrected chi connectivity index (χ0v) is 21.7. The fraction of sp³-hybridized carbons (Fsp3) is 0.429. The summed E-state index contributed by atoms with van der Waals surface area (Å²) in [5, 5.41) is 10.1. The minimum atomic E-state index is -1.12. The summed E-state index contributed by atoms with van der Waals surface area (Å²) < 4.78 is 0. The molecule has 3 amide bonds. The molecule has 2 saturated heterocycles. The third-order valence-corrected chi connectivity index (χ3v) is 7.67. The Morgan fingerprint density at radius 2 is 1.76 bits per heavy atom. The van der Waals surface area contributed by atoms with Crippen molar-refractivity contribution in [3.63, 3.8) is 0 Å². The predicted octanol–water partition coefficient (Wildman–Crippen LogP) is 3.80. The highest BCUT2D eigenvalue weighted by Crippen LogP contribution is 2.37. The van der Waals surface area contributed by atoms with Crippen LogP contribution in [0.5, 0.6) is 0 Å². The molecule has 0 bridgehead atoms. The van der Waals surface area contributed by atoms with E-state index in [0.717, 1.165) is 32.8 Å². The van der Waals surface area contributed by atoms with Gasteiger partial charge in [0.15, 0.2) is 0 Å². The second-order valence-electron chi connectivity index (χ2n) is 10.7. The Hall–Kier alpha value is -3.88. The summed E-state index contributed by atoms with van der Waals surface area (Å²) in [6.45, 7) is 8.49. The summed E-state index contributed by atoms with van der Waals surface area (Å²) in [5.74, 6) is 0.518.